The molecule has 254 valence electrons. The fourth-order valence-electron chi connectivity index (χ4n) is 6.61. The molecule has 0 radical (unpaired) electrons. The lowest BCUT2D eigenvalue weighted by Gasteiger charge is -2.28. The number of nitrogens with one attached hydrogen (secondary N) is 1. The molecule has 1 aromatic heterocycles. The summed E-state index contributed by atoms with van der Waals surface area (Å²) in [4.78, 5) is 43.6. The van der Waals surface area contributed by atoms with E-state index in [1.165, 1.54) is 6.92 Å². The maximum Gasteiger partial charge on any atom is 0.274 e. The Balaban J connectivity index is 1.18. The van der Waals surface area contributed by atoms with Crippen LogP contribution >= 0.6 is 0 Å². The highest BCUT2D eigenvalue weighted by atomic mass is 16.7. The SMILES string of the molecule is C[C@@H](N=O)C(O)[C@@H](N=O)C(CO)OCOc1cc2c(c3ccccc13)CCN2C(=O)c1cc2cc(OCC3CCN(C)CC3)ccc2[nH]1. The number of piperidine rings is 1. The number of fused-ring (bicyclic) bond motifs is 4. The molecular weight excluding hydrogens is 618 g/mol. The number of aromatic amines is 1. The van der Waals surface area contributed by atoms with Gasteiger partial charge in [0.2, 0.25) is 0 Å². The fourth-order valence-corrected chi connectivity index (χ4v) is 6.61. The van der Waals surface area contributed by atoms with E-state index in [1.54, 1.807) is 11.0 Å². The van der Waals surface area contributed by atoms with E-state index in [0.29, 0.717) is 42.6 Å². The summed E-state index contributed by atoms with van der Waals surface area (Å²) in [5, 5.41) is 28.4. The third-order valence-electron chi connectivity index (χ3n) is 9.55. The van der Waals surface area contributed by atoms with Crippen LogP contribution in [0.5, 0.6) is 11.5 Å². The number of rotatable bonds is 14. The summed E-state index contributed by atoms with van der Waals surface area (Å²) in [7, 11) is 2.15. The van der Waals surface area contributed by atoms with E-state index in [0.717, 1.165) is 58.9 Å². The second-order valence-electron chi connectivity index (χ2n) is 12.7. The molecule has 48 heavy (non-hydrogen) atoms. The van der Waals surface area contributed by atoms with Crippen LogP contribution in [-0.2, 0) is 11.2 Å². The number of carbonyl (C=O) groups excluding carboxylic acids is 1. The number of hydrogen-bond acceptors (Lipinski definition) is 11. The smallest absolute Gasteiger partial charge is 0.274 e. The van der Waals surface area contributed by atoms with Gasteiger partial charge in [0, 0.05) is 28.9 Å². The lowest BCUT2D eigenvalue weighted by molar-refractivity contribution is -0.0845. The zero-order chi connectivity index (χ0) is 33.8. The van der Waals surface area contributed by atoms with Gasteiger partial charge in [0.25, 0.3) is 5.91 Å². The molecule has 0 bridgehead atoms. The summed E-state index contributed by atoms with van der Waals surface area (Å²) in [6, 6.07) is 14.6. The van der Waals surface area contributed by atoms with Crippen LogP contribution < -0.4 is 14.4 Å². The van der Waals surface area contributed by atoms with Crippen LogP contribution in [0.2, 0.25) is 0 Å². The van der Waals surface area contributed by atoms with Crippen molar-refractivity contribution >= 4 is 33.3 Å². The van der Waals surface area contributed by atoms with Crippen molar-refractivity contribution < 1.29 is 29.2 Å². The van der Waals surface area contributed by atoms with Crippen molar-refractivity contribution in [1.82, 2.24) is 9.88 Å². The number of aliphatic hydroxyl groups excluding tert-OH is 2. The summed E-state index contributed by atoms with van der Waals surface area (Å²) in [6.45, 7) is 3.63. The molecule has 1 fully saturated rings. The summed E-state index contributed by atoms with van der Waals surface area (Å²) >= 11 is 0. The molecule has 6 rings (SSSR count). The zero-order valence-corrected chi connectivity index (χ0v) is 27.1. The van der Waals surface area contributed by atoms with Crippen molar-refractivity contribution in [1.29, 1.82) is 0 Å². The van der Waals surface area contributed by atoms with Gasteiger partial charge in [-0.3, -0.25) is 4.79 Å². The number of carbonyl (C=O) groups is 1. The average molecular weight is 660 g/mol. The molecule has 3 heterocycles. The monoisotopic (exact) mass is 659 g/mol. The molecule has 1 saturated heterocycles. The maximum absolute atomic E-state index is 13.9. The van der Waals surface area contributed by atoms with E-state index < -0.39 is 37.7 Å². The molecule has 13 heteroatoms. The number of likely N-dealkylation sites (tertiary alicyclic amines) is 1. The lowest BCUT2D eigenvalue weighted by atomic mass is 9.98. The molecule has 3 aromatic carbocycles. The van der Waals surface area contributed by atoms with E-state index in [-0.39, 0.29) is 5.91 Å². The number of ether oxygens (including phenoxy) is 3. The highest BCUT2D eigenvalue weighted by Crippen LogP contribution is 2.41. The largest absolute Gasteiger partial charge is 0.493 e. The topological polar surface area (TPSA) is 166 Å². The molecule has 0 aliphatic carbocycles. The van der Waals surface area contributed by atoms with E-state index in [1.807, 2.05) is 48.5 Å². The number of benzene rings is 3. The minimum absolute atomic E-state index is 0.177. The van der Waals surface area contributed by atoms with Gasteiger partial charge < -0.3 is 39.2 Å². The summed E-state index contributed by atoms with van der Waals surface area (Å²) in [5.74, 6) is 1.58. The molecule has 1 amide bonds. The van der Waals surface area contributed by atoms with Crippen molar-refractivity contribution in [3.8, 4) is 11.5 Å². The Morgan fingerprint density at radius 1 is 1.02 bits per heavy atom. The molecule has 4 aromatic rings. The fraction of sp³-hybridized carbons (Fsp3) is 0.457. The number of nitrogens with zero attached hydrogens (tertiary/aromatic N) is 4. The van der Waals surface area contributed by atoms with E-state index in [9.17, 15) is 24.8 Å². The number of nitroso groups, excluding NO2 is 2. The second kappa shape index (κ2) is 14.8. The summed E-state index contributed by atoms with van der Waals surface area (Å²) in [6.07, 6.45) is 0.138. The van der Waals surface area contributed by atoms with Crippen LogP contribution in [0.3, 0.4) is 0 Å². The Bertz CT molecular complexity index is 1770. The van der Waals surface area contributed by atoms with Gasteiger partial charge in [0.15, 0.2) is 6.79 Å². The number of aliphatic hydroxyl groups is 2. The number of anilines is 1. The van der Waals surface area contributed by atoms with E-state index in [4.69, 9.17) is 14.2 Å². The Labute approximate surface area is 277 Å². The van der Waals surface area contributed by atoms with Crippen molar-refractivity contribution in [2.24, 2.45) is 16.3 Å². The highest BCUT2D eigenvalue weighted by molar-refractivity contribution is 6.11. The molecule has 2 aliphatic rings. The van der Waals surface area contributed by atoms with Gasteiger partial charge in [-0.1, -0.05) is 34.6 Å². The van der Waals surface area contributed by atoms with Gasteiger partial charge >= 0.3 is 0 Å². The number of aromatic nitrogens is 1. The van der Waals surface area contributed by atoms with Crippen molar-refractivity contribution in [3.05, 3.63) is 75.7 Å². The van der Waals surface area contributed by atoms with Crippen LogP contribution in [-0.4, -0.2) is 97.0 Å². The lowest BCUT2D eigenvalue weighted by Crippen LogP contribution is -2.44. The second-order valence-corrected chi connectivity index (χ2v) is 12.7. The van der Waals surface area contributed by atoms with Gasteiger partial charge in [0.1, 0.15) is 41.5 Å². The molecule has 3 N–H and O–H groups in total. The number of hydrogen-bond donors (Lipinski definition) is 3. The average Bonchev–Trinajstić information content (AvgIpc) is 3.74. The van der Waals surface area contributed by atoms with Crippen LogP contribution in [0.1, 0.15) is 35.8 Å². The normalized spacial score (nSPS) is 18.0. The van der Waals surface area contributed by atoms with E-state index >= 15 is 0 Å². The summed E-state index contributed by atoms with van der Waals surface area (Å²) in [5.41, 5.74) is 3.03. The quantitative estimate of drug-likeness (QED) is 0.129. The molecule has 0 spiro atoms. The molecule has 0 saturated carbocycles. The first-order valence-corrected chi connectivity index (χ1v) is 16.3. The van der Waals surface area contributed by atoms with Gasteiger partial charge in [-0.2, -0.15) is 9.81 Å². The Hall–Kier alpha value is -4.43. The molecule has 13 nitrogen and oxygen atoms in total. The van der Waals surface area contributed by atoms with Gasteiger partial charge in [-0.25, -0.2) is 0 Å². The standard InChI is InChI=1S/C35H41N5O8/c1-21(37-44)34(42)33(38-45)32(18-41)48-20-47-31-17-30-26(25-5-3-4-6-27(25)31)11-14-40(30)35(43)29-16-23-15-24(7-8-28(23)36-29)46-19-22-9-12-39(2)13-10-22/h3-8,15-17,21-22,32-34,36,41-42H,9-14,18-20H2,1-2H3/t21-,32?,33+,34?/m1/s1. The maximum atomic E-state index is 13.9. The van der Waals surface area contributed by atoms with Crippen LogP contribution in [0, 0.1) is 15.7 Å². The minimum Gasteiger partial charge on any atom is -0.493 e. The zero-order valence-electron chi connectivity index (χ0n) is 27.1. The van der Waals surface area contributed by atoms with Gasteiger partial charge in [-0.05, 0) is 87.5 Å². The van der Waals surface area contributed by atoms with Gasteiger partial charge in [0.05, 0.1) is 18.9 Å². The predicted octanol–water partition coefficient (Wildman–Crippen LogP) is 4.61. The molecular formula is C35H41N5O8. The van der Waals surface area contributed by atoms with E-state index in [2.05, 4.69) is 27.3 Å². The first-order valence-electron chi connectivity index (χ1n) is 16.3. The summed E-state index contributed by atoms with van der Waals surface area (Å²) < 4.78 is 17.8. The minimum atomic E-state index is -1.54. The number of amides is 1. The Kier molecular flexibility index (Phi) is 10.3. The Morgan fingerprint density at radius 3 is 2.52 bits per heavy atom. The third-order valence-corrected chi connectivity index (χ3v) is 9.55. The third kappa shape index (κ3) is 6.90. The van der Waals surface area contributed by atoms with Gasteiger partial charge in [-0.15, -0.1) is 0 Å². The highest BCUT2D eigenvalue weighted by Gasteiger charge is 2.35. The molecule has 2 aliphatic heterocycles. The predicted molar refractivity (Wildman–Crippen MR) is 182 cm³/mol. The van der Waals surface area contributed by atoms with Crippen molar-refractivity contribution in [3.63, 3.8) is 0 Å². The van der Waals surface area contributed by atoms with Crippen molar-refractivity contribution in [2.45, 2.75) is 50.5 Å². The first kappa shape index (κ1) is 33.5. The Morgan fingerprint density at radius 2 is 1.79 bits per heavy atom. The molecule has 4 atom stereocenters. The van der Waals surface area contributed by atoms with Crippen LogP contribution in [0.15, 0.2) is 65.0 Å². The number of H-pyrrole nitrogens is 1. The van der Waals surface area contributed by atoms with Crippen molar-refractivity contribution in [2.75, 3.05) is 51.6 Å². The first-order chi connectivity index (χ1) is 23.3. The van der Waals surface area contributed by atoms with Crippen LogP contribution in [0.4, 0.5) is 5.69 Å². The molecule has 2 unspecified atom stereocenters. The van der Waals surface area contributed by atoms with Crippen LogP contribution in [0.25, 0.3) is 21.7 Å².